The van der Waals surface area contributed by atoms with Crippen molar-refractivity contribution in [3.8, 4) is 5.75 Å². The average Bonchev–Trinajstić information content (AvgIpc) is 3.06. The minimum absolute atomic E-state index is 0.280. The molecule has 0 aromatic heterocycles. The first kappa shape index (κ1) is 12.7. The minimum Gasteiger partial charge on any atom is -0.491 e. The van der Waals surface area contributed by atoms with Crippen LogP contribution in [0, 0.1) is 18.3 Å². The van der Waals surface area contributed by atoms with Crippen LogP contribution in [0.2, 0.25) is 0 Å². The Morgan fingerprint density at radius 2 is 2.21 bits per heavy atom. The molecule has 1 radical (unpaired) electrons. The molecular weight excluding hydrogens is 240 g/mol. The van der Waals surface area contributed by atoms with Crippen LogP contribution in [0.3, 0.4) is 0 Å². The molecule has 4 atom stereocenters. The van der Waals surface area contributed by atoms with E-state index >= 15 is 0 Å². The number of aliphatic hydroxyl groups excluding tert-OH is 1. The Morgan fingerprint density at radius 1 is 1.37 bits per heavy atom. The normalized spacial score (nSPS) is 30.9. The largest absolute Gasteiger partial charge is 0.491 e. The van der Waals surface area contributed by atoms with Crippen molar-refractivity contribution >= 4 is 0 Å². The molecule has 1 aliphatic heterocycles. The monoisotopic (exact) mass is 259 g/mol. The summed E-state index contributed by atoms with van der Waals surface area (Å²) in [5.41, 5.74) is 0. The van der Waals surface area contributed by atoms with Gasteiger partial charge in [0.1, 0.15) is 18.5 Å². The molecule has 4 unspecified atom stereocenters. The zero-order chi connectivity index (χ0) is 13.1. The van der Waals surface area contributed by atoms with Crippen molar-refractivity contribution in [3.05, 3.63) is 48.9 Å². The molecular formula is C16H19O3. The lowest BCUT2D eigenvalue weighted by Crippen LogP contribution is -2.20. The van der Waals surface area contributed by atoms with E-state index in [1.165, 1.54) is 0 Å². The minimum atomic E-state index is -0.576. The Morgan fingerprint density at radius 3 is 2.89 bits per heavy atom. The maximum atomic E-state index is 9.87. The Bertz CT molecular complexity index is 429. The lowest BCUT2D eigenvalue weighted by atomic mass is 10.0. The number of ether oxygens (including phenoxy) is 2. The summed E-state index contributed by atoms with van der Waals surface area (Å²) in [5.74, 6) is 1.74. The fourth-order valence-electron chi connectivity index (χ4n) is 2.72. The second kappa shape index (κ2) is 5.76. The highest BCUT2D eigenvalue weighted by Gasteiger charge is 2.39. The van der Waals surface area contributed by atoms with Crippen LogP contribution in [0.25, 0.3) is 0 Å². The van der Waals surface area contributed by atoms with Gasteiger partial charge in [-0.25, -0.2) is 0 Å². The highest BCUT2D eigenvalue weighted by molar-refractivity contribution is 5.21. The van der Waals surface area contributed by atoms with Crippen LogP contribution in [-0.4, -0.2) is 30.5 Å². The predicted octanol–water partition coefficient (Wildman–Crippen LogP) is 2.22. The van der Waals surface area contributed by atoms with E-state index in [-0.39, 0.29) is 6.61 Å². The van der Waals surface area contributed by atoms with E-state index in [9.17, 15) is 5.11 Å². The second-order valence-corrected chi connectivity index (χ2v) is 5.21. The van der Waals surface area contributed by atoms with Crippen LogP contribution >= 0.6 is 0 Å². The number of rotatable bonds is 5. The van der Waals surface area contributed by atoms with E-state index in [0.717, 1.165) is 18.8 Å². The predicted molar refractivity (Wildman–Crippen MR) is 72.7 cm³/mol. The van der Waals surface area contributed by atoms with Crippen LogP contribution in [0.4, 0.5) is 0 Å². The summed E-state index contributed by atoms with van der Waals surface area (Å²) in [5, 5.41) is 9.87. The van der Waals surface area contributed by atoms with Crippen molar-refractivity contribution in [1.29, 1.82) is 0 Å². The number of benzene rings is 1. The molecule has 3 heteroatoms. The van der Waals surface area contributed by atoms with Gasteiger partial charge < -0.3 is 14.6 Å². The van der Waals surface area contributed by atoms with Crippen LogP contribution in [0.15, 0.2) is 42.5 Å². The average molecular weight is 259 g/mol. The first-order chi connectivity index (χ1) is 9.31. The Labute approximate surface area is 113 Å². The molecule has 1 aromatic carbocycles. The maximum absolute atomic E-state index is 9.87. The van der Waals surface area contributed by atoms with Gasteiger partial charge in [-0.2, -0.15) is 0 Å². The Kier molecular flexibility index (Phi) is 3.85. The molecule has 2 bridgehead atoms. The maximum Gasteiger partial charge on any atom is 0.119 e. The van der Waals surface area contributed by atoms with Crippen LogP contribution < -0.4 is 4.74 Å². The van der Waals surface area contributed by atoms with Gasteiger partial charge in [0.2, 0.25) is 0 Å². The summed E-state index contributed by atoms with van der Waals surface area (Å²) in [6, 6.07) is 9.54. The fraction of sp³-hybridized carbons (Fsp3) is 0.438. The SMILES string of the molecule is OC(C=CC1[CH]C2COC1C2)COc1ccccc1. The van der Waals surface area contributed by atoms with Gasteiger partial charge in [-0.15, -0.1) is 0 Å². The van der Waals surface area contributed by atoms with Gasteiger partial charge in [-0.3, -0.25) is 0 Å². The van der Waals surface area contributed by atoms with Crippen molar-refractivity contribution in [3.63, 3.8) is 0 Å². The molecule has 101 valence electrons. The summed E-state index contributed by atoms with van der Waals surface area (Å²) in [6.07, 6.45) is 7.06. The molecule has 1 N–H and O–H groups in total. The van der Waals surface area contributed by atoms with Gasteiger partial charge >= 0.3 is 0 Å². The highest BCUT2D eigenvalue weighted by atomic mass is 16.5. The quantitative estimate of drug-likeness (QED) is 0.824. The summed E-state index contributed by atoms with van der Waals surface area (Å²) in [4.78, 5) is 0. The van der Waals surface area contributed by atoms with Gasteiger partial charge in [-0.1, -0.05) is 30.4 Å². The van der Waals surface area contributed by atoms with Gasteiger partial charge in [0.15, 0.2) is 0 Å². The number of para-hydroxylation sites is 1. The van der Waals surface area contributed by atoms with Gasteiger partial charge in [-0.05, 0) is 30.9 Å². The first-order valence-electron chi connectivity index (χ1n) is 6.82. The molecule has 2 fully saturated rings. The number of fused-ring (bicyclic) bond motifs is 2. The van der Waals surface area contributed by atoms with Crippen LogP contribution in [0.1, 0.15) is 6.42 Å². The van der Waals surface area contributed by atoms with Crippen molar-refractivity contribution in [1.82, 2.24) is 0 Å². The topological polar surface area (TPSA) is 38.7 Å². The molecule has 2 aliphatic rings. The summed E-state index contributed by atoms with van der Waals surface area (Å²) in [7, 11) is 0. The second-order valence-electron chi connectivity index (χ2n) is 5.21. The molecule has 0 spiro atoms. The Hall–Kier alpha value is -1.32. The van der Waals surface area contributed by atoms with Crippen LogP contribution in [-0.2, 0) is 4.74 Å². The molecule has 19 heavy (non-hydrogen) atoms. The molecule has 1 saturated carbocycles. The highest BCUT2D eigenvalue weighted by Crippen LogP contribution is 2.39. The van der Waals surface area contributed by atoms with Gasteiger partial charge in [0.25, 0.3) is 0 Å². The number of hydrogen-bond donors (Lipinski definition) is 1. The van der Waals surface area contributed by atoms with Crippen molar-refractivity contribution in [2.75, 3.05) is 13.2 Å². The molecule has 1 aliphatic carbocycles. The zero-order valence-electron chi connectivity index (χ0n) is 10.8. The summed E-state index contributed by atoms with van der Waals surface area (Å²) in [6.45, 7) is 1.15. The smallest absolute Gasteiger partial charge is 0.119 e. The lowest BCUT2D eigenvalue weighted by Gasteiger charge is -2.18. The third-order valence-electron chi connectivity index (χ3n) is 3.70. The molecule has 3 rings (SSSR count). The van der Waals surface area contributed by atoms with E-state index in [1.807, 2.05) is 42.5 Å². The van der Waals surface area contributed by atoms with Crippen molar-refractivity contribution < 1.29 is 14.6 Å². The molecule has 0 amide bonds. The van der Waals surface area contributed by atoms with E-state index in [4.69, 9.17) is 9.47 Å². The molecule has 1 heterocycles. The third-order valence-corrected chi connectivity index (χ3v) is 3.70. The molecule has 1 aromatic rings. The zero-order valence-corrected chi connectivity index (χ0v) is 10.8. The van der Waals surface area contributed by atoms with E-state index in [2.05, 4.69) is 6.42 Å². The number of hydrogen-bond acceptors (Lipinski definition) is 3. The summed E-state index contributed by atoms with van der Waals surface area (Å²) < 4.78 is 11.1. The number of aliphatic hydroxyl groups is 1. The summed E-state index contributed by atoms with van der Waals surface area (Å²) >= 11 is 0. The van der Waals surface area contributed by atoms with E-state index in [1.54, 1.807) is 0 Å². The standard InChI is InChI=1S/C16H19O3/c17-14(11-18-15-4-2-1-3-5-15)7-6-13-8-12-9-16(13)19-10-12/h1-8,12-14,16-17H,9-11H2. The van der Waals surface area contributed by atoms with Crippen molar-refractivity contribution in [2.45, 2.75) is 18.6 Å². The molecule has 1 saturated heterocycles. The van der Waals surface area contributed by atoms with Crippen molar-refractivity contribution in [2.24, 2.45) is 11.8 Å². The van der Waals surface area contributed by atoms with Crippen LogP contribution in [0.5, 0.6) is 5.75 Å². The third kappa shape index (κ3) is 3.17. The Balaban J connectivity index is 1.45. The lowest BCUT2D eigenvalue weighted by molar-refractivity contribution is 0.0693. The first-order valence-corrected chi connectivity index (χ1v) is 6.82. The van der Waals surface area contributed by atoms with E-state index in [0.29, 0.717) is 17.9 Å². The molecule has 3 nitrogen and oxygen atoms in total. The fourth-order valence-corrected chi connectivity index (χ4v) is 2.72. The van der Waals surface area contributed by atoms with E-state index < -0.39 is 6.10 Å². The van der Waals surface area contributed by atoms with Gasteiger partial charge in [0, 0.05) is 5.92 Å². The van der Waals surface area contributed by atoms with Gasteiger partial charge in [0.05, 0.1) is 12.7 Å².